The van der Waals surface area contributed by atoms with Gasteiger partial charge >= 0.3 is 0 Å². The topological polar surface area (TPSA) is 81.9 Å². The maximum atomic E-state index is 13.0. The zero-order valence-electron chi connectivity index (χ0n) is 14.4. The van der Waals surface area contributed by atoms with Gasteiger partial charge in [0.15, 0.2) is 0 Å². The molecular weight excluding hydrogens is 356 g/mol. The van der Waals surface area contributed by atoms with Crippen LogP contribution < -0.4 is 9.47 Å². The third-order valence-corrected chi connectivity index (χ3v) is 5.40. The van der Waals surface area contributed by atoms with Gasteiger partial charge in [-0.05, 0) is 18.2 Å². The molecule has 0 N–H and O–H groups in total. The quantitative estimate of drug-likeness (QED) is 0.588. The number of hydrogen-bond acceptors (Lipinski definition) is 6. The van der Waals surface area contributed by atoms with Crippen molar-refractivity contribution in [1.29, 1.82) is 0 Å². The van der Waals surface area contributed by atoms with Crippen LogP contribution in [0.1, 0.15) is 21.3 Å². The number of benzene rings is 2. The van der Waals surface area contributed by atoms with Crippen LogP contribution in [0.25, 0.3) is 0 Å². The number of thioether (sulfide) groups is 1. The zero-order valence-corrected chi connectivity index (χ0v) is 15.2. The van der Waals surface area contributed by atoms with Crippen LogP contribution in [0, 0.1) is 10.1 Å². The largest absolute Gasteiger partial charge is 0.497 e. The van der Waals surface area contributed by atoms with E-state index in [9.17, 15) is 14.9 Å². The first kappa shape index (κ1) is 18.1. The molecule has 2 aromatic carbocycles. The van der Waals surface area contributed by atoms with Crippen molar-refractivity contribution >= 4 is 23.4 Å². The normalized spacial score (nSPS) is 16.4. The standard InChI is InChI=1S/C18H18N2O5S/c1-24-14-6-7-15(16(11-14)25-2)18-19(8-9-26-18)17(21)12-4-3-5-13(10-12)20(22)23/h3-7,10-11,18H,8-9H2,1-2H3/t18-/m0/s1. The SMILES string of the molecule is COc1ccc([C@@H]2SCCN2C(=O)c2cccc([N+](=O)[O-])c2)c(OC)c1. The predicted octanol–water partition coefficient (Wildman–Crippen LogP) is 3.50. The number of amides is 1. The van der Waals surface area contributed by atoms with Crippen molar-refractivity contribution in [2.24, 2.45) is 0 Å². The van der Waals surface area contributed by atoms with Crippen molar-refractivity contribution in [2.75, 3.05) is 26.5 Å². The first-order valence-corrected chi connectivity index (χ1v) is 8.99. The highest BCUT2D eigenvalue weighted by atomic mass is 32.2. The number of methoxy groups -OCH3 is 2. The number of carbonyl (C=O) groups excluding carboxylic acids is 1. The summed E-state index contributed by atoms with van der Waals surface area (Å²) in [5.74, 6) is 1.85. The summed E-state index contributed by atoms with van der Waals surface area (Å²) in [6, 6.07) is 11.3. The molecule has 1 saturated heterocycles. The van der Waals surface area contributed by atoms with Gasteiger partial charge in [0.25, 0.3) is 11.6 Å². The van der Waals surface area contributed by atoms with Crippen LogP contribution in [0.2, 0.25) is 0 Å². The van der Waals surface area contributed by atoms with Gasteiger partial charge in [-0.3, -0.25) is 14.9 Å². The van der Waals surface area contributed by atoms with Gasteiger partial charge in [-0.25, -0.2) is 0 Å². The first-order valence-electron chi connectivity index (χ1n) is 7.94. The van der Waals surface area contributed by atoms with Crippen LogP contribution >= 0.6 is 11.8 Å². The summed E-state index contributed by atoms with van der Waals surface area (Å²) in [5.41, 5.74) is 1.08. The fraction of sp³-hybridized carbons (Fsp3) is 0.278. The molecule has 0 aromatic heterocycles. The van der Waals surface area contributed by atoms with Gasteiger partial charge in [0.2, 0.25) is 0 Å². The van der Waals surface area contributed by atoms with Gasteiger partial charge in [0.05, 0.1) is 19.1 Å². The number of nitro groups is 1. The second kappa shape index (κ2) is 7.65. The van der Waals surface area contributed by atoms with E-state index in [1.54, 1.807) is 43.0 Å². The van der Waals surface area contributed by atoms with E-state index in [0.29, 0.717) is 23.6 Å². The smallest absolute Gasteiger partial charge is 0.270 e. The number of hydrogen-bond donors (Lipinski definition) is 0. The molecule has 0 saturated carbocycles. The molecule has 1 atom stereocenters. The highest BCUT2D eigenvalue weighted by Gasteiger charge is 2.33. The lowest BCUT2D eigenvalue weighted by Crippen LogP contribution is -2.30. The zero-order chi connectivity index (χ0) is 18.7. The maximum absolute atomic E-state index is 13.0. The molecule has 1 heterocycles. The number of nitrogens with zero attached hydrogens (tertiary/aromatic N) is 2. The van der Waals surface area contributed by atoms with E-state index >= 15 is 0 Å². The summed E-state index contributed by atoms with van der Waals surface area (Å²) in [4.78, 5) is 25.1. The highest BCUT2D eigenvalue weighted by molar-refractivity contribution is 7.99. The fourth-order valence-corrected chi connectivity index (χ4v) is 4.16. The average molecular weight is 374 g/mol. The lowest BCUT2D eigenvalue weighted by molar-refractivity contribution is -0.384. The first-order chi connectivity index (χ1) is 12.5. The monoisotopic (exact) mass is 374 g/mol. The molecule has 0 unspecified atom stereocenters. The molecule has 7 nitrogen and oxygen atoms in total. The molecule has 1 fully saturated rings. The van der Waals surface area contributed by atoms with E-state index in [4.69, 9.17) is 9.47 Å². The molecule has 0 bridgehead atoms. The Hall–Kier alpha value is -2.74. The highest BCUT2D eigenvalue weighted by Crippen LogP contribution is 2.43. The van der Waals surface area contributed by atoms with Crippen LogP contribution in [0.5, 0.6) is 11.5 Å². The van der Waals surface area contributed by atoms with Crippen molar-refractivity contribution in [3.8, 4) is 11.5 Å². The Morgan fingerprint density at radius 2 is 2.04 bits per heavy atom. The molecule has 1 amide bonds. The number of rotatable bonds is 5. The van der Waals surface area contributed by atoms with E-state index in [2.05, 4.69) is 0 Å². The van der Waals surface area contributed by atoms with Crippen molar-refractivity contribution in [1.82, 2.24) is 4.90 Å². The Bertz CT molecular complexity index is 842. The lowest BCUT2D eigenvalue weighted by atomic mass is 10.1. The number of nitro benzene ring substituents is 1. The Balaban J connectivity index is 1.92. The van der Waals surface area contributed by atoms with Crippen molar-refractivity contribution < 1.29 is 19.2 Å². The van der Waals surface area contributed by atoms with E-state index < -0.39 is 4.92 Å². The lowest BCUT2D eigenvalue weighted by Gasteiger charge is -2.25. The summed E-state index contributed by atoms with van der Waals surface area (Å²) >= 11 is 1.63. The van der Waals surface area contributed by atoms with Crippen LogP contribution in [0.4, 0.5) is 5.69 Å². The minimum atomic E-state index is -0.501. The van der Waals surface area contributed by atoms with Crippen molar-refractivity contribution in [3.63, 3.8) is 0 Å². The summed E-state index contributed by atoms with van der Waals surface area (Å²) in [7, 11) is 3.15. The Morgan fingerprint density at radius 3 is 2.73 bits per heavy atom. The summed E-state index contributed by atoms with van der Waals surface area (Å²) < 4.78 is 10.7. The van der Waals surface area contributed by atoms with E-state index in [0.717, 1.165) is 11.3 Å². The second-order valence-corrected chi connectivity index (χ2v) is 6.83. The van der Waals surface area contributed by atoms with Crippen LogP contribution in [0.15, 0.2) is 42.5 Å². The Kier molecular flexibility index (Phi) is 5.32. The maximum Gasteiger partial charge on any atom is 0.270 e. The number of ether oxygens (including phenoxy) is 2. The summed E-state index contributed by atoms with van der Waals surface area (Å²) in [5, 5.41) is 10.8. The van der Waals surface area contributed by atoms with Crippen molar-refractivity contribution in [3.05, 3.63) is 63.7 Å². The number of carbonyl (C=O) groups is 1. The van der Waals surface area contributed by atoms with Gasteiger partial charge in [-0.15, -0.1) is 11.8 Å². The van der Waals surface area contributed by atoms with E-state index in [1.165, 1.54) is 18.2 Å². The second-order valence-electron chi connectivity index (χ2n) is 5.64. The Morgan fingerprint density at radius 1 is 1.23 bits per heavy atom. The van der Waals surface area contributed by atoms with Gasteiger partial charge < -0.3 is 14.4 Å². The van der Waals surface area contributed by atoms with E-state index in [-0.39, 0.29) is 17.0 Å². The number of non-ortho nitro benzene ring substituents is 1. The predicted molar refractivity (Wildman–Crippen MR) is 98.9 cm³/mol. The van der Waals surface area contributed by atoms with Crippen LogP contribution in [0.3, 0.4) is 0 Å². The van der Waals surface area contributed by atoms with Gasteiger partial charge in [0, 0.05) is 41.6 Å². The average Bonchev–Trinajstić information content (AvgIpc) is 3.16. The summed E-state index contributed by atoms with van der Waals surface area (Å²) in [6.07, 6.45) is 0. The third kappa shape index (κ3) is 3.45. The molecule has 0 spiro atoms. The molecule has 2 aromatic rings. The van der Waals surface area contributed by atoms with Crippen LogP contribution in [-0.2, 0) is 0 Å². The van der Waals surface area contributed by atoms with Gasteiger partial charge in [-0.2, -0.15) is 0 Å². The molecule has 3 rings (SSSR count). The van der Waals surface area contributed by atoms with Gasteiger partial charge in [-0.1, -0.05) is 6.07 Å². The summed E-state index contributed by atoms with van der Waals surface area (Å²) in [6.45, 7) is 0.562. The van der Waals surface area contributed by atoms with E-state index in [1.807, 2.05) is 12.1 Å². The molecule has 136 valence electrons. The molecule has 8 heteroatoms. The van der Waals surface area contributed by atoms with Crippen molar-refractivity contribution in [2.45, 2.75) is 5.37 Å². The third-order valence-electron chi connectivity index (χ3n) is 4.16. The Labute approximate surface area is 155 Å². The van der Waals surface area contributed by atoms with Crippen LogP contribution in [-0.4, -0.2) is 42.2 Å². The minimum Gasteiger partial charge on any atom is -0.497 e. The molecule has 0 aliphatic carbocycles. The molecular formula is C18H18N2O5S. The molecule has 0 radical (unpaired) electrons. The minimum absolute atomic E-state index is 0.0960. The molecule has 26 heavy (non-hydrogen) atoms. The molecule has 1 aliphatic heterocycles. The van der Waals surface area contributed by atoms with Gasteiger partial charge in [0.1, 0.15) is 16.9 Å². The molecule has 1 aliphatic rings. The fourth-order valence-electron chi connectivity index (χ4n) is 2.88.